The van der Waals surface area contributed by atoms with Crippen molar-refractivity contribution >= 4 is 11.6 Å². The Hall–Kier alpha value is -1.95. The molecule has 0 amide bonds. The van der Waals surface area contributed by atoms with Gasteiger partial charge >= 0.3 is 0 Å². The number of phenols is 1. The number of aromatic hydroxyl groups is 1. The van der Waals surface area contributed by atoms with Crippen LogP contribution in [0.15, 0.2) is 36.4 Å². The van der Waals surface area contributed by atoms with Crippen molar-refractivity contribution in [3.05, 3.63) is 52.5 Å². The van der Waals surface area contributed by atoms with Crippen LogP contribution in [0.3, 0.4) is 0 Å². The number of fused-ring (bicyclic) bond motifs is 1. The average Bonchev–Trinajstić information content (AvgIpc) is 2.85. The fraction of sp³-hybridized carbons (Fsp3) is 0.368. The van der Waals surface area contributed by atoms with Crippen molar-refractivity contribution < 1.29 is 19.7 Å². The summed E-state index contributed by atoms with van der Waals surface area (Å²) in [5.74, 6) is 1.44. The highest BCUT2D eigenvalue weighted by Gasteiger charge is 2.18. The lowest BCUT2D eigenvalue weighted by Gasteiger charge is -2.21. The Bertz CT molecular complexity index is 720. The van der Waals surface area contributed by atoms with Crippen molar-refractivity contribution in [2.24, 2.45) is 0 Å². The maximum absolute atomic E-state index is 10.4. The molecule has 134 valence electrons. The van der Waals surface area contributed by atoms with Crippen LogP contribution >= 0.6 is 11.6 Å². The van der Waals surface area contributed by atoms with E-state index < -0.39 is 6.10 Å². The van der Waals surface area contributed by atoms with Crippen LogP contribution < -0.4 is 14.8 Å². The normalized spacial score (nSPS) is 16.1. The maximum atomic E-state index is 10.4. The van der Waals surface area contributed by atoms with E-state index >= 15 is 0 Å². The van der Waals surface area contributed by atoms with E-state index in [0.29, 0.717) is 36.3 Å². The lowest BCUT2D eigenvalue weighted by molar-refractivity contribution is 0.135. The molecular formula is C19H22ClNO4. The molecule has 1 aliphatic heterocycles. The zero-order valence-electron chi connectivity index (χ0n) is 14.0. The van der Waals surface area contributed by atoms with Crippen molar-refractivity contribution in [3.8, 4) is 17.2 Å². The Labute approximate surface area is 152 Å². The summed E-state index contributed by atoms with van der Waals surface area (Å²) in [6.07, 6.45) is 0.144. The third-order valence-electron chi connectivity index (χ3n) is 4.20. The first-order chi connectivity index (χ1) is 12.0. The average molecular weight is 364 g/mol. The zero-order chi connectivity index (χ0) is 17.8. The molecule has 0 unspecified atom stereocenters. The number of hydrogen-bond acceptors (Lipinski definition) is 5. The van der Waals surface area contributed by atoms with Crippen LogP contribution in [0.2, 0.25) is 5.02 Å². The number of halogens is 1. The number of benzene rings is 2. The fourth-order valence-corrected chi connectivity index (χ4v) is 3.02. The van der Waals surface area contributed by atoms with Crippen LogP contribution in [0.4, 0.5) is 0 Å². The molecule has 0 aliphatic carbocycles. The minimum absolute atomic E-state index is 0.179. The van der Waals surface area contributed by atoms with Crippen LogP contribution in [0.5, 0.6) is 17.2 Å². The Balaban J connectivity index is 1.65. The number of hydrogen-bond donors (Lipinski definition) is 3. The first-order valence-electron chi connectivity index (χ1n) is 8.33. The molecule has 2 aromatic carbocycles. The minimum Gasteiger partial charge on any atom is -0.508 e. The Kier molecular flexibility index (Phi) is 5.68. The third kappa shape index (κ3) is 4.37. The Morgan fingerprint density at radius 3 is 2.64 bits per heavy atom. The summed E-state index contributed by atoms with van der Waals surface area (Å²) in [5, 5.41) is 23.6. The molecule has 0 aromatic heterocycles. The molecule has 5 nitrogen and oxygen atoms in total. The highest BCUT2D eigenvalue weighted by Crippen LogP contribution is 2.38. The molecule has 1 aliphatic rings. The summed E-state index contributed by atoms with van der Waals surface area (Å²) in [5.41, 5.74) is 1.70. The Morgan fingerprint density at radius 1 is 1.16 bits per heavy atom. The van der Waals surface area contributed by atoms with Crippen LogP contribution in [-0.4, -0.2) is 29.5 Å². The number of rotatable bonds is 5. The molecule has 3 N–H and O–H groups in total. The van der Waals surface area contributed by atoms with E-state index in [0.717, 1.165) is 17.5 Å². The molecule has 0 radical (unpaired) electrons. The second-order valence-corrected chi connectivity index (χ2v) is 6.57. The lowest BCUT2D eigenvalue weighted by Crippen LogP contribution is -2.31. The van der Waals surface area contributed by atoms with E-state index in [1.54, 1.807) is 24.3 Å². The predicted molar refractivity (Wildman–Crippen MR) is 96.4 cm³/mol. The van der Waals surface area contributed by atoms with Crippen molar-refractivity contribution in [2.45, 2.75) is 32.0 Å². The molecule has 2 aromatic rings. The molecule has 25 heavy (non-hydrogen) atoms. The van der Waals surface area contributed by atoms with Gasteiger partial charge in [0.25, 0.3) is 0 Å². The fourth-order valence-electron chi connectivity index (χ4n) is 2.74. The summed E-state index contributed by atoms with van der Waals surface area (Å²) in [6.45, 7) is 3.64. The molecule has 0 spiro atoms. The second kappa shape index (κ2) is 7.95. The van der Waals surface area contributed by atoms with Crippen molar-refractivity contribution in [1.82, 2.24) is 5.32 Å². The highest BCUT2D eigenvalue weighted by molar-refractivity contribution is 6.32. The third-order valence-corrected chi connectivity index (χ3v) is 4.48. The number of nitrogens with one attached hydrogen (secondary N) is 1. The largest absolute Gasteiger partial charge is 0.508 e. The van der Waals surface area contributed by atoms with Gasteiger partial charge in [-0.3, -0.25) is 0 Å². The molecule has 0 saturated carbocycles. The van der Waals surface area contributed by atoms with Crippen molar-refractivity contribution in [1.29, 1.82) is 0 Å². The summed E-state index contributed by atoms with van der Waals surface area (Å²) in [4.78, 5) is 0. The number of ether oxygens (including phenoxy) is 2. The van der Waals surface area contributed by atoms with E-state index in [-0.39, 0.29) is 11.8 Å². The standard InChI is InChI=1S/C19H22ClNO4/c1-12(18(23)14-3-5-15(22)6-4-14)21-11-13-9-16(20)19-17(10-13)24-7-2-8-25-19/h3-6,9-10,12,18,21-23H,2,7-8,11H2,1H3/t12-,18-/m0/s1. The van der Waals surface area contributed by atoms with Gasteiger partial charge in [0, 0.05) is 19.0 Å². The van der Waals surface area contributed by atoms with Crippen LogP contribution in [-0.2, 0) is 6.54 Å². The van der Waals surface area contributed by atoms with Gasteiger partial charge in [-0.05, 0) is 42.3 Å². The van der Waals surface area contributed by atoms with E-state index in [4.69, 9.17) is 21.1 Å². The summed E-state index contributed by atoms with van der Waals surface area (Å²) < 4.78 is 11.3. The van der Waals surface area contributed by atoms with Crippen LogP contribution in [0, 0.1) is 0 Å². The lowest BCUT2D eigenvalue weighted by atomic mass is 10.0. The molecular weight excluding hydrogens is 342 g/mol. The van der Waals surface area contributed by atoms with Gasteiger partial charge in [-0.15, -0.1) is 0 Å². The second-order valence-electron chi connectivity index (χ2n) is 6.16. The van der Waals surface area contributed by atoms with Gasteiger partial charge in [0.1, 0.15) is 5.75 Å². The van der Waals surface area contributed by atoms with E-state index in [1.165, 1.54) is 0 Å². The monoisotopic (exact) mass is 363 g/mol. The molecule has 2 atom stereocenters. The van der Waals surface area contributed by atoms with Crippen LogP contribution in [0.1, 0.15) is 30.6 Å². The summed E-state index contributed by atoms with van der Waals surface area (Å²) in [6, 6.07) is 10.1. The number of aliphatic hydroxyl groups is 1. The van der Waals surface area contributed by atoms with E-state index in [1.807, 2.05) is 19.1 Å². The molecule has 0 fully saturated rings. The van der Waals surface area contributed by atoms with Crippen molar-refractivity contribution in [2.75, 3.05) is 13.2 Å². The van der Waals surface area contributed by atoms with Gasteiger partial charge < -0.3 is 25.0 Å². The number of aliphatic hydroxyl groups excluding tert-OH is 1. The van der Waals surface area contributed by atoms with Crippen molar-refractivity contribution in [3.63, 3.8) is 0 Å². The summed E-state index contributed by atoms with van der Waals surface area (Å²) in [7, 11) is 0. The maximum Gasteiger partial charge on any atom is 0.179 e. The molecule has 3 rings (SSSR count). The quantitative estimate of drug-likeness (QED) is 0.759. The zero-order valence-corrected chi connectivity index (χ0v) is 14.8. The smallest absolute Gasteiger partial charge is 0.179 e. The van der Waals surface area contributed by atoms with Gasteiger partial charge in [-0.1, -0.05) is 23.7 Å². The topological polar surface area (TPSA) is 71.0 Å². The van der Waals surface area contributed by atoms with Gasteiger partial charge in [0.2, 0.25) is 0 Å². The number of phenolic OH excluding ortho intramolecular Hbond substituents is 1. The minimum atomic E-state index is -0.684. The van der Waals surface area contributed by atoms with E-state index in [9.17, 15) is 10.2 Å². The Morgan fingerprint density at radius 2 is 1.88 bits per heavy atom. The highest BCUT2D eigenvalue weighted by atomic mass is 35.5. The molecule has 0 bridgehead atoms. The molecule has 0 saturated heterocycles. The van der Waals surface area contributed by atoms with Gasteiger partial charge in [-0.2, -0.15) is 0 Å². The van der Waals surface area contributed by atoms with Crippen LogP contribution in [0.25, 0.3) is 0 Å². The van der Waals surface area contributed by atoms with Gasteiger partial charge in [0.15, 0.2) is 11.5 Å². The molecule has 6 heteroatoms. The SMILES string of the molecule is C[C@H](NCc1cc(Cl)c2c(c1)OCCCO2)[C@H](O)c1ccc(O)cc1. The first kappa shape index (κ1) is 17.9. The summed E-state index contributed by atoms with van der Waals surface area (Å²) >= 11 is 6.30. The first-order valence-corrected chi connectivity index (χ1v) is 8.71. The molecule has 1 heterocycles. The predicted octanol–water partition coefficient (Wildman–Crippen LogP) is 3.42. The van der Waals surface area contributed by atoms with E-state index in [2.05, 4.69) is 5.32 Å². The van der Waals surface area contributed by atoms with Gasteiger partial charge in [-0.25, -0.2) is 0 Å². The van der Waals surface area contributed by atoms with Gasteiger partial charge in [0.05, 0.1) is 24.3 Å².